The molecule has 1 N–H and O–H groups in total. The van der Waals surface area contributed by atoms with Crippen molar-refractivity contribution in [3.8, 4) is 0 Å². The van der Waals surface area contributed by atoms with Gasteiger partial charge in [0.25, 0.3) is 0 Å². The molecule has 0 spiro atoms. The van der Waals surface area contributed by atoms with Gasteiger partial charge in [-0.1, -0.05) is 13.3 Å². The van der Waals surface area contributed by atoms with Gasteiger partial charge in [-0.05, 0) is 18.6 Å². The van der Waals surface area contributed by atoms with Crippen molar-refractivity contribution < 1.29 is 4.79 Å². The Morgan fingerprint density at radius 2 is 2.19 bits per heavy atom. The molecule has 1 rings (SSSR count). The number of anilines is 2. The van der Waals surface area contributed by atoms with Crippen LogP contribution in [0.4, 0.5) is 11.5 Å². The van der Waals surface area contributed by atoms with E-state index >= 15 is 0 Å². The zero-order valence-electron chi connectivity index (χ0n) is 10.2. The van der Waals surface area contributed by atoms with Crippen molar-refractivity contribution in [2.24, 2.45) is 0 Å². The van der Waals surface area contributed by atoms with Gasteiger partial charge in [-0.25, -0.2) is 4.98 Å². The molecule has 1 aromatic rings. The highest BCUT2D eigenvalue weighted by Crippen LogP contribution is 2.12. The summed E-state index contributed by atoms with van der Waals surface area (Å²) in [6.07, 6.45) is 4.21. The number of rotatable bonds is 5. The van der Waals surface area contributed by atoms with Crippen LogP contribution in [0.15, 0.2) is 18.3 Å². The Balaban J connectivity index is 2.51. The molecule has 0 saturated heterocycles. The lowest BCUT2D eigenvalue weighted by atomic mass is 10.2. The summed E-state index contributed by atoms with van der Waals surface area (Å²) in [5.74, 6) is 0.938. The summed E-state index contributed by atoms with van der Waals surface area (Å²) in [7, 11) is 3.86. The highest BCUT2D eigenvalue weighted by Gasteiger charge is 2.02. The molecule has 88 valence electrons. The standard InChI is InChI=1S/C12H19N3O/c1-4-5-6-12(16)14-10-7-8-11(13-9-10)15(2)3/h7-9H,4-6H2,1-3H3,(H,14,16). The Kier molecular flexibility index (Phi) is 4.76. The van der Waals surface area contributed by atoms with Crippen LogP contribution in [0.5, 0.6) is 0 Å². The van der Waals surface area contributed by atoms with Gasteiger partial charge in [0.05, 0.1) is 11.9 Å². The van der Waals surface area contributed by atoms with E-state index < -0.39 is 0 Å². The zero-order chi connectivity index (χ0) is 12.0. The van der Waals surface area contributed by atoms with Crippen LogP contribution in [0.2, 0.25) is 0 Å². The second kappa shape index (κ2) is 6.10. The van der Waals surface area contributed by atoms with Crippen LogP contribution in [0.1, 0.15) is 26.2 Å². The first kappa shape index (κ1) is 12.5. The summed E-state index contributed by atoms with van der Waals surface area (Å²) in [4.78, 5) is 17.6. The number of nitrogens with one attached hydrogen (secondary N) is 1. The van der Waals surface area contributed by atoms with Crippen LogP contribution in [0, 0.1) is 0 Å². The summed E-state index contributed by atoms with van der Waals surface area (Å²) in [6, 6.07) is 3.75. The van der Waals surface area contributed by atoms with Gasteiger partial charge in [0.1, 0.15) is 5.82 Å². The third-order valence-corrected chi connectivity index (χ3v) is 2.25. The van der Waals surface area contributed by atoms with Gasteiger partial charge in [-0.15, -0.1) is 0 Å². The molecule has 0 atom stereocenters. The Hall–Kier alpha value is -1.58. The van der Waals surface area contributed by atoms with Crippen molar-refractivity contribution in [3.05, 3.63) is 18.3 Å². The number of carbonyl (C=O) groups excluding carboxylic acids is 1. The van der Waals surface area contributed by atoms with Crippen molar-refractivity contribution in [1.29, 1.82) is 0 Å². The molecular weight excluding hydrogens is 202 g/mol. The molecule has 4 heteroatoms. The van der Waals surface area contributed by atoms with Gasteiger partial charge in [0.15, 0.2) is 0 Å². The van der Waals surface area contributed by atoms with Crippen molar-refractivity contribution in [2.75, 3.05) is 24.3 Å². The summed E-state index contributed by atoms with van der Waals surface area (Å²) in [5.41, 5.74) is 0.756. The topological polar surface area (TPSA) is 45.2 Å². The summed E-state index contributed by atoms with van der Waals surface area (Å²) < 4.78 is 0. The number of hydrogen-bond donors (Lipinski definition) is 1. The average Bonchev–Trinajstić information content (AvgIpc) is 2.27. The minimum absolute atomic E-state index is 0.0567. The maximum atomic E-state index is 11.4. The second-order valence-corrected chi connectivity index (χ2v) is 3.95. The van der Waals surface area contributed by atoms with Crippen molar-refractivity contribution in [3.63, 3.8) is 0 Å². The first-order valence-corrected chi connectivity index (χ1v) is 5.56. The molecule has 0 radical (unpaired) electrons. The Bertz CT molecular complexity index is 333. The molecule has 0 aliphatic rings. The average molecular weight is 221 g/mol. The number of amides is 1. The number of carbonyl (C=O) groups is 1. The van der Waals surface area contributed by atoms with Gasteiger partial charge >= 0.3 is 0 Å². The normalized spacial score (nSPS) is 9.94. The van der Waals surface area contributed by atoms with Crippen molar-refractivity contribution in [1.82, 2.24) is 4.98 Å². The molecule has 0 unspecified atom stereocenters. The molecule has 0 aromatic carbocycles. The third kappa shape index (κ3) is 3.88. The molecule has 4 nitrogen and oxygen atoms in total. The minimum atomic E-state index is 0.0567. The maximum Gasteiger partial charge on any atom is 0.224 e. The molecule has 0 fully saturated rings. The van der Waals surface area contributed by atoms with Crippen molar-refractivity contribution >= 4 is 17.4 Å². The van der Waals surface area contributed by atoms with Crippen LogP contribution in [-0.4, -0.2) is 25.0 Å². The van der Waals surface area contributed by atoms with Crippen LogP contribution in [-0.2, 0) is 4.79 Å². The van der Waals surface area contributed by atoms with E-state index in [1.54, 1.807) is 6.20 Å². The number of hydrogen-bond acceptors (Lipinski definition) is 3. The van der Waals surface area contributed by atoms with Crippen LogP contribution in [0.25, 0.3) is 0 Å². The quantitative estimate of drug-likeness (QED) is 0.829. The summed E-state index contributed by atoms with van der Waals surface area (Å²) >= 11 is 0. The molecule has 1 aromatic heterocycles. The highest BCUT2D eigenvalue weighted by atomic mass is 16.1. The maximum absolute atomic E-state index is 11.4. The number of nitrogens with zero attached hydrogens (tertiary/aromatic N) is 2. The fourth-order valence-electron chi connectivity index (χ4n) is 1.29. The molecule has 0 bridgehead atoms. The lowest BCUT2D eigenvalue weighted by molar-refractivity contribution is -0.116. The molecule has 0 aliphatic heterocycles. The van der Waals surface area contributed by atoms with E-state index in [0.717, 1.165) is 24.3 Å². The molecule has 0 saturated carbocycles. The lowest BCUT2D eigenvalue weighted by Crippen LogP contribution is -2.13. The Morgan fingerprint density at radius 1 is 1.44 bits per heavy atom. The van der Waals surface area contributed by atoms with Gasteiger partial charge in [0, 0.05) is 20.5 Å². The van der Waals surface area contributed by atoms with Gasteiger partial charge in [-0.3, -0.25) is 4.79 Å². The largest absolute Gasteiger partial charge is 0.363 e. The van der Waals surface area contributed by atoms with E-state index in [2.05, 4.69) is 17.2 Å². The monoisotopic (exact) mass is 221 g/mol. The number of aromatic nitrogens is 1. The fourth-order valence-corrected chi connectivity index (χ4v) is 1.29. The number of unbranched alkanes of at least 4 members (excludes halogenated alkanes) is 1. The Morgan fingerprint density at radius 3 is 2.69 bits per heavy atom. The minimum Gasteiger partial charge on any atom is -0.363 e. The van der Waals surface area contributed by atoms with Crippen LogP contribution >= 0.6 is 0 Å². The molecule has 16 heavy (non-hydrogen) atoms. The third-order valence-electron chi connectivity index (χ3n) is 2.25. The first-order chi connectivity index (χ1) is 7.63. The van der Waals surface area contributed by atoms with Gasteiger partial charge in [0.2, 0.25) is 5.91 Å². The number of pyridine rings is 1. The van der Waals surface area contributed by atoms with E-state index in [4.69, 9.17) is 0 Å². The SMILES string of the molecule is CCCCC(=O)Nc1ccc(N(C)C)nc1. The lowest BCUT2D eigenvalue weighted by Gasteiger charge is -2.11. The fraction of sp³-hybridized carbons (Fsp3) is 0.500. The molecule has 0 aliphatic carbocycles. The first-order valence-electron chi connectivity index (χ1n) is 5.56. The van der Waals surface area contributed by atoms with Crippen molar-refractivity contribution in [2.45, 2.75) is 26.2 Å². The van der Waals surface area contributed by atoms with Gasteiger partial charge in [-0.2, -0.15) is 0 Å². The molecule has 1 heterocycles. The van der Waals surface area contributed by atoms with Crippen LogP contribution in [0.3, 0.4) is 0 Å². The van der Waals surface area contributed by atoms with E-state index in [1.165, 1.54) is 0 Å². The second-order valence-electron chi connectivity index (χ2n) is 3.95. The molecular formula is C12H19N3O. The van der Waals surface area contributed by atoms with E-state index in [-0.39, 0.29) is 5.91 Å². The molecule has 1 amide bonds. The summed E-state index contributed by atoms with van der Waals surface area (Å²) in [6.45, 7) is 2.07. The smallest absolute Gasteiger partial charge is 0.224 e. The predicted octanol–water partition coefficient (Wildman–Crippen LogP) is 2.28. The van der Waals surface area contributed by atoms with Gasteiger partial charge < -0.3 is 10.2 Å². The Labute approximate surface area is 96.7 Å². The van der Waals surface area contributed by atoms with E-state index in [1.807, 2.05) is 31.1 Å². The zero-order valence-corrected chi connectivity index (χ0v) is 10.2. The van der Waals surface area contributed by atoms with E-state index in [9.17, 15) is 4.79 Å². The predicted molar refractivity (Wildman–Crippen MR) is 66.7 cm³/mol. The highest BCUT2D eigenvalue weighted by molar-refractivity contribution is 5.90. The van der Waals surface area contributed by atoms with Crippen LogP contribution < -0.4 is 10.2 Å². The van der Waals surface area contributed by atoms with E-state index in [0.29, 0.717) is 6.42 Å². The summed E-state index contributed by atoms with van der Waals surface area (Å²) in [5, 5.41) is 2.82.